The third-order valence-corrected chi connectivity index (χ3v) is 3.47. The number of benzene rings is 3. The van der Waals surface area contributed by atoms with Gasteiger partial charge in [-0.3, -0.25) is 0 Å². The number of para-hydroxylation sites is 1. The number of aliphatic hydroxyl groups excluding tert-OH is 1. The van der Waals surface area contributed by atoms with Crippen molar-refractivity contribution in [1.29, 1.82) is 0 Å². The van der Waals surface area contributed by atoms with E-state index < -0.39 is 6.29 Å². The third kappa shape index (κ3) is 3.02. The Kier molecular flexibility index (Phi) is 4.22. The van der Waals surface area contributed by atoms with Crippen LogP contribution in [0.25, 0.3) is 22.3 Å². The van der Waals surface area contributed by atoms with Gasteiger partial charge in [0, 0.05) is 11.1 Å². The SMILES string of the molecule is CC(O)Oc1c(-c2ccccc2)cccc1-c1ccccc1. The summed E-state index contributed by atoms with van der Waals surface area (Å²) in [6.45, 7) is 1.62. The van der Waals surface area contributed by atoms with Crippen LogP contribution in [0.3, 0.4) is 0 Å². The first-order chi connectivity index (χ1) is 10.8. The summed E-state index contributed by atoms with van der Waals surface area (Å²) in [5.41, 5.74) is 4.08. The molecule has 1 atom stereocenters. The second-order valence-corrected chi connectivity index (χ2v) is 5.13. The molecule has 0 heterocycles. The lowest BCUT2D eigenvalue weighted by molar-refractivity contribution is 0.000570. The van der Waals surface area contributed by atoms with Crippen LogP contribution in [0, 0.1) is 0 Å². The molecule has 2 nitrogen and oxygen atoms in total. The first-order valence-electron chi connectivity index (χ1n) is 7.34. The van der Waals surface area contributed by atoms with E-state index in [0.717, 1.165) is 22.3 Å². The molecule has 0 amide bonds. The van der Waals surface area contributed by atoms with Crippen LogP contribution in [0.4, 0.5) is 0 Å². The molecule has 0 aliphatic carbocycles. The van der Waals surface area contributed by atoms with Gasteiger partial charge in [-0.15, -0.1) is 0 Å². The molecule has 0 radical (unpaired) electrons. The van der Waals surface area contributed by atoms with E-state index in [0.29, 0.717) is 5.75 Å². The van der Waals surface area contributed by atoms with Crippen LogP contribution in [0.2, 0.25) is 0 Å². The van der Waals surface area contributed by atoms with Crippen LogP contribution < -0.4 is 4.74 Å². The zero-order valence-electron chi connectivity index (χ0n) is 12.4. The van der Waals surface area contributed by atoms with Gasteiger partial charge in [0.15, 0.2) is 6.29 Å². The van der Waals surface area contributed by atoms with E-state index in [4.69, 9.17) is 4.74 Å². The second kappa shape index (κ2) is 6.46. The maximum atomic E-state index is 9.73. The highest BCUT2D eigenvalue weighted by molar-refractivity contribution is 5.82. The van der Waals surface area contributed by atoms with E-state index >= 15 is 0 Å². The molecule has 0 spiro atoms. The smallest absolute Gasteiger partial charge is 0.194 e. The molecule has 22 heavy (non-hydrogen) atoms. The molecule has 3 rings (SSSR count). The van der Waals surface area contributed by atoms with E-state index in [-0.39, 0.29) is 0 Å². The molecule has 0 aliphatic rings. The predicted molar refractivity (Wildman–Crippen MR) is 89.6 cm³/mol. The van der Waals surface area contributed by atoms with Gasteiger partial charge in [0.25, 0.3) is 0 Å². The number of hydrogen-bond donors (Lipinski definition) is 1. The fourth-order valence-electron chi connectivity index (χ4n) is 2.52. The first-order valence-corrected chi connectivity index (χ1v) is 7.34. The molecule has 0 fully saturated rings. The highest BCUT2D eigenvalue weighted by Gasteiger charge is 2.14. The second-order valence-electron chi connectivity index (χ2n) is 5.13. The van der Waals surface area contributed by atoms with Gasteiger partial charge in [0.05, 0.1) is 0 Å². The van der Waals surface area contributed by atoms with Gasteiger partial charge in [-0.1, -0.05) is 78.9 Å². The fourth-order valence-corrected chi connectivity index (χ4v) is 2.52. The standard InChI is InChI=1S/C20H18O2/c1-15(21)22-20-18(16-9-4-2-5-10-16)13-8-14-19(20)17-11-6-3-7-12-17/h2-15,21H,1H3. The molecule has 0 aromatic heterocycles. The molecule has 0 aliphatic heterocycles. The van der Waals surface area contributed by atoms with Crippen molar-refractivity contribution in [2.45, 2.75) is 13.2 Å². The average molecular weight is 290 g/mol. The monoisotopic (exact) mass is 290 g/mol. The summed E-state index contributed by atoms with van der Waals surface area (Å²) in [5, 5.41) is 9.73. The molecular weight excluding hydrogens is 272 g/mol. The highest BCUT2D eigenvalue weighted by Crippen LogP contribution is 2.39. The zero-order valence-corrected chi connectivity index (χ0v) is 12.4. The van der Waals surface area contributed by atoms with Crippen LogP contribution in [0.15, 0.2) is 78.9 Å². The average Bonchev–Trinajstić information content (AvgIpc) is 2.56. The van der Waals surface area contributed by atoms with E-state index in [1.165, 1.54) is 0 Å². The van der Waals surface area contributed by atoms with E-state index in [2.05, 4.69) is 0 Å². The number of aliphatic hydroxyl groups is 1. The minimum Gasteiger partial charge on any atom is -0.464 e. The van der Waals surface area contributed by atoms with Crippen molar-refractivity contribution in [3.8, 4) is 28.0 Å². The summed E-state index contributed by atoms with van der Waals surface area (Å²) in [7, 11) is 0. The summed E-state index contributed by atoms with van der Waals surface area (Å²) in [4.78, 5) is 0. The Morgan fingerprint density at radius 3 is 1.55 bits per heavy atom. The van der Waals surface area contributed by atoms with Gasteiger partial charge < -0.3 is 9.84 Å². The maximum absolute atomic E-state index is 9.73. The zero-order chi connectivity index (χ0) is 15.4. The van der Waals surface area contributed by atoms with E-state index in [1.807, 2.05) is 78.9 Å². The van der Waals surface area contributed by atoms with Crippen LogP contribution >= 0.6 is 0 Å². The molecule has 0 bridgehead atoms. The third-order valence-electron chi connectivity index (χ3n) is 3.47. The number of ether oxygens (including phenoxy) is 1. The van der Waals surface area contributed by atoms with Crippen molar-refractivity contribution in [3.05, 3.63) is 78.9 Å². The Bertz CT molecular complexity index is 676. The molecule has 3 aromatic rings. The Morgan fingerprint density at radius 2 is 1.14 bits per heavy atom. The van der Waals surface area contributed by atoms with Gasteiger partial charge in [-0.2, -0.15) is 0 Å². The van der Waals surface area contributed by atoms with Crippen LogP contribution in [0.1, 0.15) is 6.92 Å². The van der Waals surface area contributed by atoms with Crippen LogP contribution in [0.5, 0.6) is 5.75 Å². The van der Waals surface area contributed by atoms with Gasteiger partial charge in [0.2, 0.25) is 0 Å². The summed E-state index contributed by atoms with van der Waals surface area (Å²) in [6.07, 6.45) is -0.868. The van der Waals surface area contributed by atoms with E-state index in [1.54, 1.807) is 6.92 Å². The summed E-state index contributed by atoms with van der Waals surface area (Å²) < 4.78 is 5.74. The summed E-state index contributed by atoms with van der Waals surface area (Å²) >= 11 is 0. The van der Waals surface area contributed by atoms with Crippen molar-refractivity contribution in [2.24, 2.45) is 0 Å². The number of hydrogen-bond acceptors (Lipinski definition) is 2. The Hall–Kier alpha value is -2.58. The van der Waals surface area contributed by atoms with Crippen molar-refractivity contribution in [3.63, 3.8) is 0 Å². The van der Waals surface area contributed by atoms with Crippen molar-refractivity contribution in [1.82, 2.24) is 0 Å². The molecular formula is C20H18O2. The molecule has 2 heteroatoms. The number of rotatable bonds is 4. The highest BCUT2D eigenvalue weighted by atomic mass is 16.6. The molecule has 0 saturated carbocycles. The van der Waals surface area contributed by atoms with Gasteiger partial charge in [-0.25, -0.2) is 0 Å². The van der Waals surface area contributed by atoms with Crippen LogP contribution in [-0.4, -0.2) is 11.4 Å². The summed E-state index contributed by atoms with van der Waals surface area (Å²) in [6, 6.07) is 26.2. The Balaban J connectivity index is 2.19. The summed E-state index contributed by atoms with van der Waals surface area (Å²) in [5.74, 6) is 0.704. The minimum atomic E-state index is -0.868. The Labute approximate surface area is 130 Å². The lowest BCUT2D eigenvalue weighted by Crippen LogP contribution is -2.11. The van der Waals surface area contributed by atoms with Gasteiger partial charge >= 0.3 is 0 Å². The molecule has 0 saturated heterocycles. The van der Waals surface area contributed by atoms with Crippen LogP contribution in [-0.2, 0) is 0 Å². The maximum Gasteiger partial charge on any atom is 0.194 e. The first kappa shape index (κ1) is 14.4. The van der Waals surface area contributed by atoms with Crippen molar-refractivity contribution in [2.75, 3.05) is 0 Å². The predicted octanol–water partition coefficient (Wildman–Crippen LogP) is 4.74. The Morgan fingerprint density at radius 1 is 0.682 bits per heavy atom. The minimum absolute atomic E-state index is 0.704. The molecule has 110 valence electrons. The fraction of sp³-hybridized carbons (Fsp3) is 0.100. The van der Waals surface area contributed by atoms with Crippen molar-refractivity contribution >= 4 is 0 Å². The normalized spacial score (nSPS) is 11.9. The van der Waals surface area contributed by atoms with Crippen molar-refractivity contribution < 1.29 is 9.84 Å². The lowest BCUT2D eigenvalue weighted by atomic mass is 9.97. The molecule has 1 unspecified atom stereocenters. The quantitative estimate of drug-likeness (QED) is 0.703. The largest absolute Gasteiger partial charge is 0.464 e. The van der Waals surface area contributed by atoms with Gasteiger partial charge in [-0.05, 0) is 18.1 Å². The van der Waals surface area contributed by atoms with Gasteiger partial charge in [0.1, 0.15) is 5.75 Å². The molecule has 1 N–H and O–H groups in total. The van der Waals surface area contributed by atoms with E-state index in [9.17, 15) is 5.11 Å². The molecule has 3 aromatic carbocycles. The lowest BCUT2D eigenvalue weighted by Gasteiger charge is -2.18. The topological polar surface area (TPSA) is 29.5 Å².